The SMILES string of the molecule is C[C@H](CC#N)NC(=O)[C@@H](C)Oc1ccccc1C(F)(F)F. The number of amides is 1. The zero-order valence-electron chi connectivity index (χ0n) is 11.6. The minimum Gasteiger partial charge on any atom is -0.480 e. The normalized spacial score (nSPS) is 13.9. The average molecular weight is 300 g/mol. The standard InChI is InChI=1S/C14H15F3N2O2/c1-9(7-8-18)19-13(20)10(2)21-12-6-4-3-5-11(12)14(15,16)17/h3-6,9-10H,7H2,1-2H3,(H,19,20)/t9-,10-/m1/s1. The molecule has 0 heterocycles. The fourth-order valence-corrected chi connectivity index (χ4v) is 1.60. The summed E-state index contributed by atoms with van der Waals surface area (Å²) in [6.45, 7) is 2.97. The van der Waals surface area contributed by atoms with E-state index in [2.05, 4.69) is 5.32 Å². The first-order valence-electron chi connectivity index (χ1n) is 6.26. The van der Waals surface area contributed by atoms with Crippen molar-refractivity contribution in [1.29, 1.82) is 5.26 Å². The lowest BCUT2D eigenvalue weighted by Gasteiger charge is -2.19. The molecule has 0 saturated heterocycles. The van der Waals surface area contributed by atoms with E-state index in [4.69, 9.17) is 10.00 Å². The predicted octanol–water partition coefficient (Wildman–Crippen LogP) is 2.89. The van der Waals surface area contributed by atoms with Crippen LogP contribution in [0.3, 0.4) is 0 Å². The van der Waals surface area contributed by atoms with Gasteiger partial charge >= 0.3 is 6.18 Å². The Morgan fingerprint density at radius 3 is 2.57 bits per heavy atom. The fraction of sp³-hybridized carbons (Fsp3) is 0.429. The Hall–Kier alpha value is -2.23. The average Bonchev–Trinajstić information content (AvgIpc) is 2.38. The van der Waals surface area contributed by atoms with E-state index in [0.29, 0.717) is 0 Å². The molecule has 114 valence electrons. The maximum Gasteiger partial charge on any atom is 0.419 e. The highest BCUT2D eigenvalue weighted by Crippen LogP contribution is 2.36. The molecule has 0 aromatic heterocycles. The van der Waals surface area contributed by atoms with Crippen molar-refractivity contribution in [3.8, 4) is 11.8 Å². The summed E-state index contributed by atoms with van der Waals surface area (Å²) in [5.41, 5.74) is -0.935. The molecular formula is C14H15F3N2O2. The van der Waals surface area contributed by atoms with Gasteiger partial charge in [-0.25, -0.2) is 0 Å². The van der Waals surface area contributed by atoms with Crippen LogP contribution in [0.15, 0.2) is 24.3 Å². The Morgan fingerprint density at radius 2 is 2.00 bits per heavy atom. The van der Waals surface area contributed by atoms with E-state index in [1.165, 1.54) is 19.1 Å². The molecule has 21 heavy (non-hydrogen) atoms. The summed E-state index contributed by atoms with van der Waals surface area (Å²) >= 11 is 0. The van der Waals surface area contributed by atoms with Crippen LogP contribution >= 0.6 is 0 Å². The van der Waals surface area contributed by atoms with E-state index < -0.39 is 35.5 Å². The number of carbonyl (C=O) groups excluding carboxylic acids is 1. The van der Waals surface area contributed by atoms with Crippen molar-refractivity contribution >= 4 is 5.91 Å². The first kappa shape index (κ1) is 16.8. The molecule has 1 aromatic rings. The molecule has 1 rings (SSSR count). The van der Waals surface area contributed by atoms with Gasteiger partial charge in [-0.3, -0.25) is 4.79 Å². The molecule has 0 aliphatic rings. The molecule has 2 atom stereocenters. The third-order valence-electron chi connectivity index (χ3n) is 2.65. The van der Waals surface area contributed by atoms with E-state index in [1.54, 1.807) is 6.92 Å². The van der Waals surface area contributed by atoms with Crippen molar-refractivity contribution in [1.82, 2.24) is 5.32 Å². The largest absolute Gasteiger partial charge is 0.480 e. The number of ether oxygens (including phenoxy) is 1. The summed E-state index contributed by atoms with van der Waals surface area (Å²) in [6.07, 6.45) is -5.55. The van der Waals surface area contributed by atoms with Crippen molar-refractivity contribution in [3.05, 3.63) is 29.8 Å². The second-order valence-corrected chi connectivity index (χ2v) is 4.53. The van der Waals surface area contributed by atoms with Gasteiger partial charge < -0.3 is 10.1 Å². The Labute approximate surface area is 120 Å². The van der Waals surface area contributed by atoms with Crippen molar-refractivity contribution in [3.63, 3.8) is 0 Å². The Morgan fingerprint density at radius 1 is 1.38 bits per heavy atom. The van der Waals surface area contributed by atoms with Crippen LogP contribution in [0.25, 0.3) is 0 Å². The second kappa shape index (κ2) is 6.97. The van der Waals surface area contributed by atoms with Gasteiger partial charge in [0.15, 0.2) is 6.10 Å². The number of halogens is 3. The van der Waals surface area contributed by atoms with Crippen LogP contribution in [-0.2, 0) is 11.0 Å². The Bertz CT molecular complexity index is 538. The summed E-state index contributed by atoms with van der Waals surface area (Å²) in [5.74, 6) is -0.977. The Kier molecular flexibility index (Phi) is 5.59. The van der Waals surface area contributed by atoms with Gasteiger partial charge in [-0.15, -0.1) is 0 Å². The number of para-hydroxylation sites is 1. The van der Waals surface area contributed by atoms with E-state index in [9.17, 15) is 18.0 Å². The number of nitriles is 1. The summed E-state index contributed by atoms with van der Waals surface area (Å²) in [5, 5.41) is 11.0. The van der Waals surface area contributed by atoms with Gasteiger partial charge in [0.25, 0.3) is 5.91 Å². The molecule has 0 fully saturated rings. The quantitative estimate of drug-likeness (QED) is 0.909. The van der Waals surface area contributed by atoms with Crippen LogP contribution in [0.2, 0.25) is 0 Å². The molecule has 0 aliphatic heterocycles. The highest BCUT2D eigenvalue weighted by Gasteiger charge is 2.34. The zero-order chi connectivity index (χ0) is 16.0. The van der Waals surface area contributed by atoms with Crippen LogP contribution in [0.5, 0.6) is 5.75 Å². The molecule has 4 nitrogen and oxygen atoms in total. The Balaban J connectivity index is 2.78. The summed E-state index contributed by atoms with van der Waals surface area (Å²) < 4.78 is 43.5. The number of rotatable bonds is 5. The van der Waals surface area contributed by atoms with Gasteiger partial charge in [-0.05, 0) is 26.0 Å². The molecule has 1 N–H and O–H groups in total. The summed E-state index contributed by atoms with van der Waals surface area (Å²) in [4.78, 5) is 11.8. The van der Waals surface area contributed by atoms with Crippen LogP contribution < -0.4 is 10.1 Å². The van der Waals surface area contributed by atoms with E-state index >= 15 is 0 Å². The number of benzene rings is 1. The van der Waals surface area contributed by atoms with Gasteiger partial charge in [0, 0.05) is 6.04 Å². The zero-order valence-corrected chi connectivity index (χ0v) is 11.6. The lowest BCUT2D eigenvalue weighted by atomic mass is 10.2. The number of alkyl halides is 3. The monoisotopic (exact) mass is 300 g/mol. The van der Waals surface area contributed by atoms with Crippen LogP contribution in [0.1, 0.15) is 25.8 Å². The number of hydrogen-bond acceptors (Lipinski definition) is 3. The number of nitrogens with one attached hydrogen (secondary N) is 1. The molecule has 0 saturated carbocycles. The summed E-state index contributed by atoms with van der Waals surface area (Å²) in [7, 11) is 0. The highest BCUT2D eigenvalue weighted by atomic mass is 19.4. The lowest BCUT2D eigenvalue weighted by Crippen LogP contribution is -2.41. The van der Waals surface area contributed by atoms with E-state index in [1.807, 2.05) is 6.07 Å². The van der Waals surface area contributed by atoms with Crippen molar-refractivity contribution in [2.24, 2.45) is 0 Å². The van der Waals surface area contributed by atoms with Crippen LogP contribution in [0.4, 0.5) is 13.2 Å². The van der Waals surface area contributed by atoms with E-state index in [0.717, 1.165) is 12.1 Å². The van der Waals surface area contributed by atoms with E-state index in [-0.39, 0.29) is 6.42 Å². The lowest BCUT2D eigenvalue weighted by molar-refractivity contribution is -0.140. The van der Waals surface area contributed by atoms with Gasteiger partial charge in [-0.1, -0.05) is 12.1 Å². The maximum absolute atomic E-state index is 12.8. The molecule has 1 amide bonds. The smallest absolute Gasteiger partial charge is 0.419 e. The first-order chi connectivity index (χ1) is 9.75. The first-order valence-corrected chi connectivity index (χ1v) is 6.26. The minimum atomic E-state index is -4.55. The maximum atomic E-state index is 12.8. The van der Waals surface area contributed by atoms with Gasteiger partial charge in [0.05, 0.1) is 18.1 Å². The van der Waals surface area contributed by atoms with Crippen LogP contribution in [-0.4, -0.2) is 18.1 Å². The molecule has 0 bridgehead atoms. The van der Waals surface area contributed by atoms with Crippen molar-refractivity contribution in [2.75, 3.05) is 0 Å². The molecule has 7 heteroatoms. The molecule has 0 spiro atoms. The minimum absolute atomic E-state index is 0.109. The number of nitrogens with zero attached hydrogens (tertiary/aromatic N) is 1. The fourth-order valence-electron chi connectivity index (χ4n) is 1.60. The molecule has 1 aromatic carbocycles. The van der Waals surface area contributed by atoms with Crippen molar-refractivity contribution < 1.29 is 22.7 Å². The topological polar surface area (TPSA) is 62.1 Å². The third kappa shape index (κ3) is 4.99. The molecule has 0 radical (unpaired) electrons. The highest BCUT2D eigenvalue weighted by molar-refractivity contribution is 5.81. The van der Waals surface area contributed by atoms with Gasteiger partial charge in [0.2, 0.25) is 0 Å². The van der Waals surface area contributed by atoms with Crippen molar-refractivity contribution in [2.45, 2.75) is 38.6 Å². The third-order valence-corrected chi connectivity index (χ3v) is 2.65. The summed E-state index contributed by atoms with van der Waals surface area (Å²) in [6, 6.07) is 6.18. The molecule has 0 unspecified atom stereocenters. The predicted molar refractivity (Wildman–Crippen MR) is 69.4 cm³/mol. The van der Waals surface area contributed by atoms with Gasteiger partial charge in [0.1, 0.15) is 5.75 Å². The molecular weight excluding hydrogens is 285 g/mol. The van der Waals surface area contributed by atoms with Crippen LogP contribution in [0, 0.1) is 11.3 Å². The molecule has 0 aliphatic carbocycles. The van der Waals surface area contributed by atoms with Gasteiger partial charge in [-0.2, -0.15) is 18.4 Å². The second-order valence-electron chi connectivity index (χ2n) is 4.53. The number of hydrogen-bond donors (Lipinski definition) is 1. The number of carbonyl (C=O) groups is 1.